The van der Waals surface area contributed by atoms with Gasteiger partial charge in [0.2, 0.25) is 5.88 Å². The second-order valence-electron chi connectivity index (χ2n) is 6.08. The van der Waals surface area contributed by atoms with Gasteiger partial charge < -0.3 is 20.1 Å². The van der Waals surface area contributed by atoms with E-state index in [1.54, 1.807) is 7.11 Å². The van der Waals surface area contributed by atoms with Crippen molar-refractivity contribution < 1.29 is 9.47 Å². The molecule has 24 heavy (non-hydrogen) atoms. The Hall–Kier alpha value is -2.12. The molecule has 0 aliphatic carbocycles. The van der Waals surface area contributed by atoms with Crippen LogP contribution < -0.4 is 15.4 Å². The van der Waals surface area contributed by atoms with Gasteiger partial charge in [0.25, 0.3) is 0 Å². The Morgan fingerprint density at radius 2 is 2.29 bits per heavy atom. The topological polar surface area (TPSA) is 73.2 Å². The van der Waals surface area contributed by atoms with Gasteiger partial charge in [-0.2, -0.15) is 5.10 Å². The van der Waals surface area contributed by atoms with Crippen LogP contribution in [-0.4, -0.2) is 48.2 Å². The summed E-state index contributed by atoms with van der Waals surface area (Å²) >= 11 is 0. The summed E-state index contributed by atoms with van der Waals surface area (Å²) in [6.45, 7) is 6.78. The SMILES string of the molecule is COCCOc1ccc(CNCC2CNc3cc(C)nn3C2)cn1. The van der Waals surface area contributed by atoms with Gasteiger partial charge in [-0.1, -0.05) is 6.07 Å². The monoisotopic (exact) mass is 331 g/mol. The normalized spacial score (nSPS) is 16.5. The molecule has 130 valence electrons. The molecule has 0 aromatic carbocycles. The molecule has 3 rings (SSSR count). The van der Waals surface area contributed by atoms with Gasteiger partial charge >= 0.3 is 0 Å². The molecule has 7 nitrogen and oxygen atoms in total. The Labute approximate surface area is 142 Å². The van der Waals surface area contributed by atoms with Crippen LogP contribution in [0.4, 0.5) is 5.82 Å². The van der Waals surface area contributed by atoms with Crippen LogP contribution in [0.5, 0.6) is 5.88 Å². The molecule has 3 heterocycles. The molecular weight excluding hydrogens is 306 g/mol. The van der Waals surface area contributed by atoms with Crippen molar-refractivity contribution in [1.29, 1.82) is 0 Å². The van der Waals surface area contributed by atoms with Crippen molar-refractivity contribution in [3.63, 3.8) is 0 Å². The average molecular weight is 331 g/mol. The summed E-state index contributed by atoms with van der Waals surface area (Å²) in [5, 5.41) is 11.4. The van der Waals surface area contributed by atoms with E-state index in [2.05, 4.69) is 31.5 Å². The van der Waals surface area contributed by atoms with E-state index in [0.717, 1.165) is 43.3 Å². The minimum absolute atomic E-state index is 0.519. The third kappa shape index (κ3) is 4.46. The minimum atomic E-state index is 0.519. The molecule has 1 aliphatic rings. The van der Waals surface area contributed by atoms with E-state index in [0.29, 0.717) is 25.0 Å². The number of ether oxygens (including phenoxy) is 2. The summed E-state index contributed by atoms with van der Waals surface area (Å²) in [7, 11) is 1.65. The van der Waals surface area contributed by atoms with Crippen LogP contribution in [0.1, 0.15) is 11.3 Å². The lowest BCUT2D eigenvalue weighted by Gasteiger charge is -2.25. The van der Waals surface area contributed by atoms with Crippen LogP contribution in [0.15, 0.2) is 24.4 Å². The zero-order chi connectivity index (χ0) is 16.8. The van der Waals surface area contributed by atoms with Crippen LogP contribution in [-0.2, 0) is 17.8 Å². The first kappa shape index (κ1) is 16.7. The van der Waals surface area contributed by atoms with Gasteiger partial charge in [-0.25, -0.2) is 9.67 Å². The highest BCUT2D eigenvalue weighted by Crippen LogP contribution is 2.18. The maximum atomic E-state index is 5.46. The molecule has 1 unspecified atom stereocenters. The first-order chi connectivity index (χ1) is 11.7. The van der Waals surface area contributed by atoms with Crippen LogP contribution in [0.2, 0.25) is 0 Å². The fraction of sp³-hybridized carbons (Fsp3) is 0.529. The number of fused-ring (bicyclic) bond motifs is 1. The van der Waals surface area contributed by atoms with Crippen LogP contribution in [0.3, 0.4) is 0 Å². The van der Waals surface area contributed by atoms with E-state index in [4.69, 9.17) is 9.47 Å². The van der Waals surface area contributed by atoms with Crippen molar-refractivity contribution in [1.82, 2.24) is 20.1 Å². The lowest BCUT2D eigenvalue weighted by atomic mass is 10.1. The largest absolute Gasteiger partial charge is 0.475 e. The number of hydrogen-bond acceptors (Lipinski definition) is 6. The number of anilines is 1. The summed E-state index contributed by atoms with van der Waals surface area (Å²) in [5.74, 6) is 2.28. The molecule has 0 saturated heterocycles. The summed E-state index contributed by atoms with van der Waals surface area (Å²) < 4.78 is 12.5. The van der Waals surface area contributed by atoms with Gasteiger partial charge in [-0.15, -0.1) is 0 Å². The highest BCUT2D eigenvalue weighted by Gasteiger charge is 2.18. The lowest BCUT2D eigenvalue weighted by Crippen LogP contribution is -2.35. The quantitative estimate of drug-likeness (QED) is 0.713. The minimum Gasteiger partial charge on any atom is -0.475 e. The zero-order valence-electron chi connectivity index (χ0n) is 14.3. The first-order valence-electron chi connectivity index (χ1n) is 8.30. The standard InChI is InChI=1S/C17H25N5O2/c1-13-7-16-19-11-15(12-22(16)21-13)9-18-8-14-3-4-17(20-10-14)24-6-5-23-2/h3-4,7,10,15,18-19H,5-6,8-9,11-12H2,1-2H3. The molecule has 0 amide bonds. The van der Waals surface area contributed by atoms with Gasteiger partial charge in [0.15, 0.2) is 0 Å². The van der Waals surface area contributed by atoms with Crippen molar-refractivity contribution in [2.24, 2.45) is 5.92 Å². The van der Waals surface area contributed by atoms with Gasteiger partial charge in [0, 0.05) is 57.5 Å². The Bertz CT molecular complexity index is 641. The van der Waals surface area contributed by atoms with Gasteiger partial charge in [-0.05, 0) is 12.5 Å². The summed E-state index contributed by atoms with van der Waals surface area (Å²) in [5.41, 5.74) is 2.21. The number of aromatic nitrogens is 3. The fourth-order valence-corrected chi connectivity index (χ4v) is 2.77. The first-order valence-corrected chi connectivity index (χ1v) is 8.30. The molecule has 0 bridgehead atoms. The van der Waals surface area contributed by atoms with E-state index < -0.39 is 0 Å². The van der Waals surface area contributed by atoms with Crippen molar-refractivity contribution in [3.05, 3.63) is 35.7 Å². The summed E-state index contributed by atoms with van der Waals surface area (Å²) in [4.78, 5) is 4.30. The van der Waals surface area contributed by atoms with Crippen LogP contribution in [0.25, 0.3) is 0 Å². The van der Waals surface area contributed by atoms with Gasteiger partial charge in [-0.3, -0.25) is 0 Å². The molecule has 1 atom stereocenters. The number of methoxy groups -OCH3 is 1. The molecule has 1 aliphatic heterocycles. The highest BCUT2D eigenvalue weighted by atomic mass is 16.5. The molecule has 0 radical (unpaired) electrons. The lowest BCUT2D eigenvalue weighted by molar-refractivity contribution is 0.143. The molecule has 2 aromatic rings. The van der Waals surface area contributed by atoms with Crippen molar-refractivity contribution in [2.45, 2.75) is 20.0 Å². The van der Waals surface area contributed by atoms with Gasteiger partial charge in [0.1, 0.15) is 12.4 Å². The molecule has 2 N–H and O–H groups in total. The average Bonchev–Trinajstić information content (AvgIpc) is 2.96. The fourth-order valence-electron chi connectivity index (χ4n) is 2.77. The Morgan fingerprint density at radius 1 is 1.38 bits per heavy atom. The predicted molar refractivity (Wildman–Crippen MR) is 92.3 cm³/mol. The smallest absolute Gasteiger partial charge is 0.213 e. The Kier molecular flexibility index (Phi) is 5.66. The molecular formula is C17H25N5O2. The highest BCUT2D eigenvalue weighted by molar-refractivity contribution is 5.38. The number of aryl methyl sites for hydroxylation is 1. The predicted octanol–water partition coefficient (Wildman–Crippen LogP) is 1.44. The third-order valence-corrected chi connectivity index (χ3v) is 4.00. The van der Waals surface area contributed by atoms with Crippen molar-refractivity contribution in [2.75, 3.05) is 38.7 Å². The second kappa shape index (κ2) is 8.12. The zero-order valence-corrected chi connectivity index (χ0v) is 14.3. The van der Waals surface area contributed by atoms with E-state index in [9.17, 15) is 0 Å². The molecule has 2 aromatic heterocycles. The van der Waals surface area contributed by atoms with Gasteiger partial charge in [0.05, 0.1) is 12.3 Å². The maximum Gasteiger partial charge on any atom is 0.213 e. The number of nitrogens with zero attached hydrogens (tertiary/aromatic N) is 3. The summed E-state index contributed by atoms with van der Waals surface area (Å²) in [6, 6.07) is 6.02. The number of hydrogen-bond donors (Lipinski definition) is 2. The Morgan fingerprint density at radius 3 is 3.08 bits per heavy atom. The maximum absolute atomic E-state index is 5.46. The van der Waals surface area contributed by atoms with E-state index in [1.807, 2.05) is 25.3 Å². The third-order valence-electron chi connectivity index (χ3n) is 4.00. The van der Waals surface area contributed by atoms with E-state index in [-0.39, 0.29) is 0 Å². The number of pyridine rings is 1. The number of rotatable bonds is 8. The van der Waals surface area contributed by atoms with Crippen molar-refractivity contribution >= 4 is 5.82 Å². The van der Waals surface area contributed by atoms with E-state index >= 15 is 0 Å². The summed E-state index contributed by atoms with van der Waals surface area (Å²) in [6.07, 6.45) is 1.85. The van der Waals surface area contributed by atoms with E-state index in [1.165, 1.54) is 0 Å². The number of nitrogens with one attached hydrogen (secondary N) is 2. The molecule has 0 saturated carbocycles. The van der Waals surface area contributed by atoms with Crippen LogP contribution in [0, 0.1) is 12.8 Å². The van der Waals surface area contributed by atoms with Crippen molar-refractivity contribution in [3.8, 4) is 5.88 Å². The van der Waals surface area contributed by atoms with Crippen LogP contribution >= 0.6 is 0 Å². The molecule has 7 heteroatoms. The molecule has 0 fully saturated rings. The Balaban J connectivity index is 1.40. The second-order valence-corrected chi connectivity index (χ2v) is 6.08. The molecule has 0 spiro atoms.